The molecule has 0 bridgehead atoms. The number of amides is 1. The molecular weight excluding hydrogens is 287 g/mol. The van der Waals surface area contributed by atoms with E-state index in [2.05, 4.69) is 4.98 Å². The Balaban J connectivity index is 2.17. The largest absolute Gasteiger partial charge is 0.439 e. The number of pyridine rings is 1. The van der Waals surface area contributed by atoms with Gasteiger partial charge in [-0.25, -0.2) is 10.8 Å². The molecule has 0 aliphatic heterocycles. The minimum atomic E-state index is -4.47. The summed E-state index contributed by atoms with van der Waals surface area (Å²) in [4.78, 5) is 14.9. The Bertz CT molecular complexity index is 642. The van der Waals surface area contributed by atoms with E-state index in [-0.39, 0.29) is 11.6 Å². The van der Waals surface area contributed by atoms with E-state index < -0.39 is 17.6 Å². The molecule has 1 amide bonds. The first-order chi connectivity index (χ1) is 9.90. The lowest BCUT2D eigenvalue weighted by molar-refractivity contribution is -0.137. The molecule has 1 heterocycles. The third-order valence-electron chi connectivity index (χ3n) is 2.53. The maximum Gasteiger partial charge on any atom is 0.416 e. The molecule has 0 unspecified atom stereocenters. The number of hydrogen-bond donors (Lipinski definition) is 2. The summed E-state index contributed by atoms with van der Waals surface area (Å²) >= 11 is 0. The average Bonchev–Trinajstić information content (AvgIpc) is 2.47. The van der Waals surface area contributed by atoms with E-state index in [0.717, 1.165) is 18.3 Å². The zero-order valence-electron chi connectivity index (χ0n) is 10.5. The zero-order valence-corrected chi connectivity index (χ0v) is 10.5. The number of hydrazine groups is 1. The van der Waals surface area contributed by atoms with Crippen LogP contribution in [0.4, 0.5) is 13.2 Å². The fourth-order valence-corrected chi connectivity index (χ4v) is 1.52. The molecule has 2 aromatic rings. The van der Waals surface area contributed by atoms with Gasteiger partial charge in [0.05, 0.1) is 5.56 Å². The molecule has 8 heteroatoms. The summed E-state index contributed by atoms with van der Waals surface area (Å²) in [7, 11) is 0. The third kappa shape index (κ3) is 3.69. The van der Waals surface area contributed by atoms with Crippen LogP contribution < -0.4 is 16.0 Å². The molecule has 0 radical (unpaired) electrons. The van der Waals surface area contributed by atoms with Crippen LogP contribution in [0, 0.1) is 0 Å². The van der Waals surface area contributed by atoms with E-state index >= 15 is 0 Å². The normalized spacial score (nSPS) is 11.0. The Hall–Kier alpha value is -2.61. The first-order valence-corrected chi connectivity index (χ1v) is 5.72. The standard InChI is InChI=1S/C13H10F3N3O2/c14-13(15,16)9-5-6-18-11(7-9)21-10-3-1-8(2-4-10)12(20)19-17/h1-7H,17H2,(H,19,20). The van der Waals surface area contributed by atoms with Gasteiger partial charge in [0, 0.05) is 17.8 Å². The van der Waals surface area contributed by atoms with E-state index in [4.69, 9.17) is 10.6 Å². The first kappa shape index (κ1) is 14.8. The summed E-state index contributed by atoms with van der Waals surface area (Å²) in [6.45, 7) is 0. The zero-order chi connectivity index (χ0) is 15.5. The Morgan fingerprint density at radius 3 is 2.43 bits per heavy atom. The summed E-state index contributed by atoms with van der Waals surface area (Å²) in [6.07, 6.45) is -3.46. The lowest BCUT2D eigenvalue weighted by Gasteiger charge is -2.09. The van der Waals surface area contributed by atoms with Crippen molar-refractivity contribution in [2.75, 3.05) is 0 Å². The SMILES string of the molecule is NNC(=O)c1ccc(Oc2cc(C(F)(F)F)ccn2)cc1. The summed E-state index contributed by atoms with van der Waals surface area (Å²) in [6, 6.07) is 7.33. The Morgan fingerprint density at radius 1 is 1.19 bits per heavy atom. The minimum Gasteiger partial charge on any atom is -0.439 e. The van der Waals surface area contributed by atoms with Crippen molar-refractivity contribution in [3.63, 3.8) is 0 Å². The van der Waals surface area contributed by atoms with Crippen LogP contribution in [-0.4, -0.2) is 10.9 Å². The number of halogens is 3. The number of carbonyl (C=O) groups excluding carboxylic acids is 1. The highest BCUT2D eigenvalue weighted by atomic mass is 19.4. The van der Waals surface area contributed by atoms with E-state index in [1.807, 2.05) is 5.43 Å². The molecule has 0 saturated heterocycles. The number of aromatic nitrogens is 1. The lowest BCUT2D eigenvalue weighted by Crippen LogP contribution is -2.29. The molecule has 1 aromatic carbocycles. The van der Waals surface area contributed by atoms with Gasteiger partial charge < -0.3 is 4.74 Å². The maximum atomic E-state index is 12.5. The molecule has 5 nitrogen and oxygen atoms in total. The second kappa shape index (κ2) is 5.80. The number of alkyl halides is 3. The maximum absolute atomic E-state index is 12.5. The number of rotatable bonds is 3. The molecule has 0 saturated carbocycles. The predicted octanol–water partition coefficient (Wildman–Crippen LogP) is 2.50. The fourth-order valence-electron chi connectivity index (χ4n) is 1.52. The summed E-state index contributed by atoms with van der Waals surface area (Å²) in [5, 5.41) is 0. The summed E-state index contributed by atoms with van der Waals surface area (Å²) < 4.78 is 42.9. The summed E-state index contributed by atoms with van der Waals surface area (Å²) in [5.41, 5.74) is 1.40. The van der Waals surface area contributed by atoms with Gasteiger partial charge >= 0.3 is 6.18 Å². The van der Waals surface area contributed by atoms with Crippen LogP contribution in [0.3, 0.4) is 0 Å². The Kier molecular flexibility index (Phi) is 4.08. The molecule has 0 atom stereocenters. The van der Waals surface area contributed by atoms with Gasteiger partial charge in [0.25, 0.3) is 5.91 Å². The van der Waals surface area contributed by atoms with Gasteiger partial charge in [0.15, 0.2) is 0 Å². The number of nitrogens with two attached hydrogens (primary N) is 1. The van der Waals surface area contributed by atoms with Crippen molar-refractivity contribution in [3.05, 3.63) is 53.7 Å². The molecule has 0 spiro atoms. The van der Waals surface area contributed by atoms with E-state index in [1.54, 1.807) is 0 Å². The van der Waals surface area contributed by atoms with Crippen molar-refractivity contribution in [2.24, 2.45) is 5.84 Å². The predicted molar refractivity (Wildman–Crippen MR) is 67.4 cm³/mol. The van der Waals surface area contributed by atoms with Crippen molar-refractivity contribution >= 4 is 5.91 Å². The highest BCUT2D eigenvalue weighted by Gasteiger charge is 2.31. The highest BCUT2D eigenvalue weighted by molar-refractivity contribution is 5.93. The topological polar surface area (TPSA) is 77.2 Å². The molecule has 0 aliphatic carbocycles. The van der Waals surface area contributed by atoms with Gasteiger partial charge in [-0.1, -0.05) is 0 Å². The van der Waals surface area contributed by atoms with Crippen molar-refractivity contribution in [1.29, 1.82) is 0 Å². The van der Waals surface area contributed by atoms with Gasteiger partial charge in [0.2, 0.25) is 5.88 Å². The Morgan fingerprint density at radius 2 is 1.86 bits per heavy atom. The Labute approximate surface area is 117 Å². The quantitative estimate of drug-likeness (QED) is 0.518. The number of nitrogens with zero attached hydrogens (tertiary/aromatic N) is 1. The van der Waals surface area contributed by atoms with Gasteiger partial charge in [-0.05, 0) is 30.3 Å². The van der Waals surface area contributed by atoms with Crippen LogP contribution in [0.1, 0.15) is 15.9 Å². The van der Waals surface area contributed by atoms with Crippen molar-refractivity contribution in [1.82, 2.24) is 10.4 Å². The molecular formula is C13H10F3N3O2. The van der Waals surface area contributed by atoms with E-state index in [1.165, 1.54) is 24.3 Å². The van der Waals surface area contributed by atoms with Crippen molar-refractivity contribution < 1.29 is 22.7 Å². The molecule has 1 aromatic heterocycles. The van der Waals surface area contributed by atoms with Gasteiger partial charge in [-0.3, -0.25) is 10.2 Å². The molecule has 2 rings (SSSR count). The third-order valence-corrected chi connectivity index (χ3v) is 2.53. The number of benzene rings is 1. The van der Waals surface area contributed by atoms with Gasteiger partial charge in [0.1, 0.15) is 5.75 Å². The van der Waals surface area contributed by atoms with E-state index in [9.17, 15) is 18.0 Å². The summed E-state index contributed by atoms with van der Waals surface area (Å²) in [5.74, 6) is 4.54. The first-order valence-electron chi connectivity index (χ1n) is 5.72. The minimum absolute atomic E-state index is 0.194. The van der Waals surface area contributed by atoms with Gasteiger partial charge in [-0.2, -0.15) is 13.2 Å². The smallest absolute Gasteiger partial charge is 0.416 e. The van der Waals surface area contributed by atoms with Gasteiger partial charge in [-0.15, -0.1) is 0 Å². The average molecular weight is 297 g/mol. The number of carbonyl (C=O) groups is 1. The number of nitrogens with one attached hydrogen (secondary N) is 1. The second-order valence-corrected chi connectivity index (χ2v) is 3.98. The van der Waals surface area contributed by atoms with Crippen LogP contribution >= 0.6 is 0 Å². The van der Waals surface area contributed by atoms with Crippen LogP contribution in [-0.2, 0) is 6.18 Å². The monoisotopic (exact) mass is 297 g/mol. The van der Waals surface area contributed by atoms with Crippen LogP contribution in [0.15, 0.2) is 42.6 Å². The highest BCUT2D eigenvalue weighted by Crippen LogP contribution is 2.31. The van der Waals surface area contributed by atoms with Crippen molar-refractivity contribution in [2.45, 2.75) is 6.18 Å². The fraction of sp³-hybridized carbons (Fsp3) is 0.0769. The number of hydrogen-bond acceptors (Lipinski definition) is 4. The molecule has 110 valence electrons. The lowest BCUT2D eigenvalue weighted by atomic mass is 10.2. The van der Waals surface area contributed by atoms with Crippen LogP contribution in [0.5, 0.6) is 11.6 Å². The second-order valence-electron chi connectivity index (χ2n) is 3.98. The number of ether oxygens (including phenoxy) is 1. The molecule has 3 N–H and O–H groups in total. The van der Waals surface area contributed by atoms with Crippen molar-refractivity contribution in [3.8, 4) is 11.6 Å². The molecule has 21 heavy (non-hydrogen) atoms. The molecule has 0 fully saturated rings. The molecule has 0 aliphatic rings. The van der Waals surface area contributed by atoms with Crippen LogP contribution in [0.2, 0.25) is 0 Å². The van der Waals surface area contributed by atoms with E-state index in [0.29, 0.717) is 5.56 Å². The van der Waals surface area contributed by atoms with Crippen LogP contribution in [0.25, 0.3) is 0 Å². The number of nitrogen functional groups attached to an aromatic ring is 1.